The molecule has 0 saturated heterocycles. The van der Waals surface area contributed by atoms with Crippen molar-refractivity contribution in [2.45, 2.75) is 32.3 Å². The molecule has 1 atom stereocenters. The van der Waals surface area contributed by atoms with E-state index in [4.69, 9.17) is 0 Å². The molecular weight excluding hydrogens is 302 g/mol. The van der Waals surface area contributed by atoms with E-state index in [2.05, 4.69) is 46.9 Å². The molecule has 1 N–H and O–H groups in total. The van der Waals surface area contributed by atoms with Crippen molar-refractivity contribution in [1.82, 2.24) is 4.98 Å². The quantitative estimate of drug-likeness (QED) is 0.918. The van der Waals surface area contributed by atoms with Crippen molar-refractivity contribution in [3.63, 3.8) is 0 Å². The third-order valence-corrected chi connectivity index (χ3v) is 3.83. The van der Waals surface area contributed by atoms with Crippen LogP contribution in [0.1, 0.15) is 43.4 Å². The zero-order chi connectivity index (χ0) is 14.0. The van der Waals surface area contributed by atoms with Crippen molar-refractivity contribution < 1.29 is 5.11 Å². The topological polar surface area (TPSA) is 33.1 Å². The van der Waals surface area contributed by atoms with Crippen LogP contribution in [-0.2, 0) is 5.60 Å². The first-order chi connectivity index (χ1) is 8.91. The number of aliphatic hydroxyl groups is 1. The van der Waals surface area contributed by atoms with Crippen molar-refractivity contribution in [1.29, 1.82) is 0 Å². The first kappa shape index (κ1) is 14.2. The summed E-state index contributed by atoms with van der Waals surface area (Å²) >= 11 is 3.52. The SMILES string of the molecule is CC(C)c1cc(Br)cc(C(C)(O)c2cccnc2)c1. The molecule has 19 heavy (non-hydrogen) atoms. The Hall–Kier alpha value is -1.19. The molecule has 0 radical (unpaired) electrons. The van der Waals surface area contributed by atoms with E-state index < -0.39 is 5.60 Å². The molecule has 1 aromatic carbocycles. The number of pyridine rings is 1. The molecule has 0 saturated carbocycles. The molecule has 0 aliphatic rings. The maximum atomic E-state index is 10.8. The molecule has 0 aliphatic heterocycles. The normalized spacial score (nSPS) is 14.4. The molecule has 1 heterocycles. The number of benzene rings is 1. The lowest BCUT2D eigenvalue weighted by molar-refractivity contribution is 0.102. The Morgan fingerprint density at radius 1 is 1.21 bits per heavy atom. The summed E-state index contributed by atoms with van der Waals surface area (Å²) in [5.41, 5.74) is 1.83. The molecular formula is C16H18BrNO. The summed E-state index contributed by atoms with van der Waals surface area (Å²) in [6.45, 7) is 6.09. The van der Waals surface area contributed by atoms with E-state index in [1.54, 1.807) is 19.3 Å². The molecule has 0 fully saturated rings. The molecule has 0 aliphatic carbocycles. The fourth-order valence-corrected chi connectivity index (χ4v) is 2.56. The molecule has 1 unspecified atom stereocenters. The van der Waals surface area contributed by atoms with Crippen molar-refractivity contribution in [2.75, 3.05) is 0 Å². The van der Waals surface area contributed by atoms with Gasteiger partial charge in [-0.25, -0.2) is 0 Å². The Labute approximate surface area is 122 Å². The molecule has 1 aromatic heterocycles. The van der Waals surface area contributed by atoms with Gasteiger partial charge in [-0.1, -0.05) is 41.9 Å². The Morgan fingerprint density at radius 2 is 1.95 bits per heavy atom. The molecule has 2 nitrogen and oxygen atoms in total. The van der Waals surface area contributed by atoms with Crippen LogP contribution in [0.25, 0.3) is 0 Å². The molecule has 100 valence electrons. The van der Waals surface area contributed by atoms with Gasteiger partial charge in [-0.15, -0.1) is 0 Å². The van der Waals surface area contributed by atoms with Gasteiger partial charge in [0.1, 0.15) is 5.60 Å². The smallest absolute Gasteiger partial charge is 0.113 e. The predicted octanol–water partition coefficient (Wildman–Crippen LogP) is 4.22. The van der Waals surface area contributed by atoms with Crippen LogP contribution < -0.4 is 0 Å². The number of halogens is 1. The Balaban J connectivity index is 2.52. The summed E-state index contributed by atoms with van der Waals surface area (Å²) in [5.74, 6) is 0.418. The monoisotopic (exact) mass is 319 g/mol. The van der Waals surface area contributed by atoms with E-state index in [1.165, 1.54) is 5.56 Å². The standard InChI is InChI=1S/C16H18BrNO/c1-11(2)12-7-14(9-15(17)8-12)16(3,19)13-5-4-6-18-10-13/h4-11,19H,1-3H3. The third-order valence-electron chi connectivity index (χ3n) is 3.37. The number of aromatic nitrogens is 1. The Bertz CT molecular complexity index is 564. The highest BCUT2D eigenvalue weighted by Crippen LogP contribution is 2.32. The fraction of sp³-hybridized carbons (Fsp3) is 0.312. The Morgan fingerprint density at radius 3 is 2.53 bits per heavy atom. The van der Waals surface area contributed by atoms with E-state index in [-0.39, 0.29) is 0 Å². The molecule has 3 heteroatoms. The minimum absolute atomic E-state index is 0.418. The lowest BCUT2D eigenvalue weighted by atomic mass is 9.87. The first-order valence-electron chi connectivity index (χ1n) is 6.35. The zero-order valence-corrected chi connectivity index (χ0v) is 13.0. The largest absolute Gasteiger partial charge is 0.381 e. The van der Waals surface area contributed by atoms with Gasteiger partial charge in [-0.05, 0) is 42.2 Å². The molecule has 2 rings (SSSR count). The number of hydrogen-bond donors (Lipinski definition) is 1. The molecule has 0 bridgehead atoms. The van der Waals surface area contributed by atoms with Crippen LogP contribution in [0.2, 0.25) is 0 Å². The van der Waals surface area contributed by atoms with Crippen LogP contribution in [0.15, 0.2) is 47.2 Å². The van der Waals surface area contributed by atoms with Crippen molar-refractivity contribution in [3.8, 4) is 0 Å². The molecule has 0 amide bonds. The van der Waals surface area contributed by atoms with E-state index in [9.17, 15) is 5.11 Å². The van der Waals surface area contributed by atoms with Crippen LogP contribution in [0.4, 0.5) is 0 Å². The highest BCUT2D eigenvalue weighted by molar-refractivity contribution is 9.10. The Kier molecular flexibility index (Phi) is 4.07. The van der Waals surface area contributed by atoms with Gasteiger partial charge in [-0.2, -0.15) is 0 Å². The van der Waals surface area contributed by atoms with Crippen LogP contribution in [0.5, 0.6) is 0 Å². The lowest BCUT2D eigenvalue weighted by Crippen LogP contribution is -2.23. The summed E-state index contributed by atoms with van der Waals surface area (Å²) < 4.78 is 0.984. The minimum atomic E-state index is -1.04. The van der Waals surface area contributed by atoms with Gasteiger partial charge in [0.25, 0.3) is 0 Å². The van der Waals surface area contributed by atoms with E-state index in [0.29, 0.717) is 5.92 Å². The predicted molar refractivity (Wildman–Crippen MR) is 81.1 cm³/mol. The highest BCUT2D eigenvalue weighted by Gasteiger charge is 2.26. The van der Waals surface area contributed by atoms with E-state index in [0.717, 1.165) is 15.6 Å². The van der Waals surface area contributed by atoms with Gasteiger partial charge in [0.15, 0.2) is 0 Å². The summed E-state index contributed by atoms with van der Waals surface area (Å²) in [5, 5.41) is 10.8. The van der Waals surface area contributed by atoms with E-state index >= 15 is 0 Å². The minimum Gasteiger partial charge on any atom is -0.381 e. The fourth-order valence-electron chi connectivity index (χ4n) is 2.04. The number of hydrogen-bond acceptors (Lipinski definition) is 2. The number of rotatable bonds is 3. The summed E-state index contributed by atoms with van der Waals surface area (Å²) in [4.78, 5) is 4.08. The summed E-state index contributed by atoms with van der Waals surface area (Å²) in [6.07, 6.45) is 3.41. The maximum Gasteiger partial charge on any atom is 0.113 e. The van der Waals surface area contributed by atoms with Crippen LogP contribution >= 0.6 is 15.9 Å². The summed E-state index contributed by atoms with van der Waals surface area (Å²) in [7, 11) is 0. The van der Waals surface area contributed by atoms with Crippen molar-refractivity contribution in [2.24, 2.45) is 0 Å². The third kappa shape index (κ3) is 3.04. The average Bonchev–Trinajstić information content (AvgIpc) is 2.39. The second-order valence-corrected chi connectivity index (χ2v) is 6.16. The average molecular weight is 320 g/mol. The van der Waals surface area contributed by atoms with Crippen molar-refractivity contribution >= 4 is 15.9 Å². The second-order valence-electron chi connectivity index (χ2n) is 5.24. The van der Waals surface area contributed by atoms with Gasteiger partial charge in [0.2, 0.25) is 0 Å². The van der Waals surface area contributed by atoms with Gasteiger partial charge < -0.3 is 5.11 Å². The summed E-state index contributed by atoms with van der Waals surface area (Å²) in [6, 6.07) is 9.84. The van der Waals surface area contributed by atoms with Crippen LogP contribution in [0.3, 0.4) is 0 Å². The molecule has 0 spiro atoms. The van der Waals surface area contributed by atoms with E-state index in [1.807, 2.05) is 18.2 Å². The van der Waals surface area contributed by atoms with Crippen LogP contribution in [0, 0.1) is 0 Å². The number of nitrogens with zero attached hydrogens (tertiary/aromatic N) is 1. The van der Waals surface area contributed by atoms with Gasteiger partial charge in [0.05, 0.1) is 0 Å². The van der Waals surface area contributed by atoms with Gasteiger partial charge in [-0.3, -0.25) is 4.98 Å². The second kappa shape index (κ2) is 5.43. The van der Waals surface area contributed by atoms with Gasteiger partial charge >= 0.3 is 0 Å². The zero-order valence-electron chi connectivity index (χ0n) is 11.4. The van der Waals surface area contributed by atoms with Gasteiger partial charge in [0, 0.05) is 22.4 Å². The highest BCUT2D eigenvalue weighted by atomic mass is 79.9. The van der Waals surface area contributed by atoms with Crippen LogP contribution in [-0.4, -0.2) is 10.1 Å². The molecule has 2 aromatic rings. The first-order valence-corrected chi connectivity index (χ1v) is 7.14. The maximum absolute atomic E-state index is 10.8. The lowest BCUT2D eigenvalue weighted by Gasteiger charge is -2.25. The van der Waals surface area contributed by atoms with Crippen molar-refractivity contribution in [3.05, 3.63) is 63.9 Å².